The van der Waals surface area contributed by atoms with Crippen molar-refractivity contribution in [2.75, 3.05) is 0 Å². The van der Waals surface area contributed by atoms with Gasteiger partial charge in [-0.25, -0.2) is 0 Å². The average molecular weight is 327 g/mol. The third-order valence-corrected chi connectivity index (χ3v) is 5.74. The molecule has 4 rings (SSSR count). The van der Waals surface area contributed by atoms with E-state index < -0.39 is 0 Å². The zero-order valence-electron chi connectivity index (χ0n) is 12.3. The maximum Gasteiger partial charge on any atom is 0.0810 e. The fourth-order valence-electron chi connectivity index (χ4n) is 3.49. The van der Waals surface area contributed by atoms with Crippen LogP contribution in [0.3, 0.4) is 0 Å². The van der Waals surface area contributed by atoms with E-state index in [2.05, 4.69) is 55.5 Å². The molecule has 0 fully saturated rings. The Balaban J connectivity index is 1.69. The molecule has 0 saturated carbocycles. The maximum absolute atomic E-state index is 6.70. The molecule has 0 saturated heterocycles. The smallest absolute Gasteiger partial charge is 0.0810 e. The van der Waals surface area contributed by atoms with Crippen LogP contribution in [0.5, 0.6) is 0 Å². The van der Waals surface area contributed by atoms with Crippen LogP contribution in [-0.4, -0.2) is 0 Å². The molecular formula is C20H16Cl2. The van der Waals surface area contributed by atoms with E-state index in [1.54, 1.807) is 0 Å². The quantitative estimate of drug-likeness (QED) is 0.562. The molecule has 0 spiro atoms. The fourth-order valence-corrected chi connectivity index (χ4v) is 4.39. The van der Waals surface area contributed by atoms with Gasteiger partial charge in [-0.1, -0.05) is 67.6 Å². The lowest BCUT2D eigenvalue weighted by Crippen LogP contribution is -2.07. The summed E-state index contributed by atoms with van der Waals surface area (Å²) < 4.78 is 0. The molecular weight excluding hydrogens is 311 g/mol. The maximum atomic E-state index is 6.70. The van der Waals surface area contributed by atoms with Gasteiger partial charge in [-0.2, -0.15) is 0 Å². The summed E-state index contributed by atoms with van der Waals surface area (Å²) in [5.74, 6) is 0.241. The first-order valence-corrected chi connectivity index (χ1v) is 8.43. The van der Waals surface area contributed by atoms with Crippen molar-refractivity contribution in [1.82, 2.24) is 0 Å². The highest BCUT2D eigenvalue weighted by Crippen LogP contribution is 2.50. The lowest BCUT2D eigenvalue weighted by Gasteiger charge is -2.21. The van der Waals surface area contributed by atoms with Gasteiger partial charge in [-0.15, -0.1) is 23.2 Å². The first-order valence-electron chi connectivity index (χ1n) is 7.56. The summed E-state index contributed by atoms with van der Waals surface area (Å²) in [7, 11) is 0. The van der Waals surface area contributed by atoms with Crippen LogP contribution in [0.1, 0.15) is 39.9 Å². The molecule has 2 aliphatic rings. The van der Waals surface area contributed by atoms with E-state index in [4.69, 9.17) is 23.2 Å². The van der Waals surface area contributed by atoms with Crippen LogP contribution in [0, 0.1) is 5.92 Å². The molecule has 0 N–H and O–H groups in total. The second kappa shape index (κ2) is 5.30. The number of alkyl halides is 2. The standard InChI is InChI=1S/C20H16Cl2/c1-12(17-10-13-6-2-4-8-15(13)19(17)21)18-11-14-7-3-5-9-16(14)20(18)22/h2-12,19-20H,1H3. The second-order valence-electron chi connectivity index (χ2n) is 5.99. The van der Waals surface area contributed by atoms with E-state index in [-0.39, 0.29) is 16.7 Å². The molecule has 0 aliphatic heterocycles. The predicted molar refractivity (Wildman–Crippen MR) is 95.2 cm³/mol. The molecule has 0 aromatic heterocycles. The third kappa shape index (κ3) is 2.06. The minimum atomic E-state index is -0.0559. The Morgan fingerprint density at radius 3 is 1.55 bits per heavy atom. The molecule has 0 nitrogen and oxygen atoms in total. The number of benzene rings is 2. The molecule has 0 bridgehead atoms. The van der Waals surface area contributed by atoms with Crippen LogP contribution in [-0.2, 0) is 0 Å². The molecule has 0 amide bonds. The fraction of sp³-hybridized carbons (Fsp3) is 0.200. The van der Waals surface area contributed by atoms with Crippen molar-refractivity contribution >= 4 is 35.4 Å². The normalized spacial score (nSPS) is 23.6. The second-order valence-corrected chi connectivity index (χ2v) is 6.87. The summed E-state index contributed by atoms with van der Waals surface area (Å²) >= 11 is 13.4. The molecule has 2 aromatic rings. The van der Waals surface area contributed by atoms with Crippen LogP contribution >= 0.6 is 23.2 Å². The van der Waals surface area contributed by atoms with Gasteiger partial charge in [0.2, 0.25) is 0 Å². The largest absolute Gasteiger partial charge is 0.113 e. The molecule has 2 atom stereocenters. The van der Waals surface area contributed by atoms with Gasteiger partial charge in [-0.05, 0) is 33.4 Å². The number of allylic oxidation sites excluding steroid dienone is 2. The summed E-state index contributed by atoms with van der Waals surface area (Å²) in [6.45, 7) is 2.21. The first-order chi connectivity index (χ1) is 10.7. The van der Waals surface area contributed by atoms with Gasteiger partial charge in [0.15, 0.2) is 0 Å². The van der Waals surface area contributed by atoms with Crippen LogP contribution in [0.15, 0.2) is 59.7 Å². The van der Waals surface area contributed by atoms with E-state index in [1.807, 2.05) is 12.1 Å². The van der Waals surface area contributed by atoms with Crippen LogP contribution in [0.25, 0.3) is 12.2 Å². The van der Waals surface area contributed by atoms with Gasteiger partial charge in [0.1, 0.15) is 0 Å². The van der Waals surface area contributed by atoms with Gasteiger partial charge in [0.05, 0.1) is 10.8 Å². The number of hydrogen-bond acceptors (Lipinski definition) is 0. The van der Waals surface area contributed by atoms with Gasteiger partial charge >= 0.3 is 0 Å². The lowest BCUT2D eigenvalue weighted by molar-refractivity contribution is 0.753. The van der Waals surface area contributed by atoms with E-state index in [9.17, 15) is 0 Å². The van der Waals surface area contributed by atoms with Crippen molar-refractivity contribution in [3.63, 3.8) is 0 Å². The summed E-state index contributed by atoms with van der Waals surface area (Å²) in [5.41, 5.74) is 7.35. The number of fused-ring (bicyclic) bond motifs is 2. The van der Waals surface area contributed by atoms with Crippen LogP contribution in [0.4, 0.5) is 0 Å². The van der Waals surface area contributed by atoms with Crippen molar-refractivity contribution in [3.05, 3.63) is 81.9 Å². The molecule has 0 heterocycles. The van der Waals surface area contributed by atoms with Crippen LogP contribution < -0.4 is 0 Å². The first kappa shape index (κ1) is 14.1. The highest BCUT2D eigenvalue weighted by atomic mass is 35.5. The van der Waals surface area contributed by atoms with Crippen molar-refractivity contribution < 1.29 is 0 Å². The average Bonchev–Trinajstić information content (AvgIpc) is 3.06. The van der Waals surface area contributed by atoms with Gasteiger partial charge in [-0.3, -0.25) is 0 Å². The number of hydrogen-bond donors (Lipinski definition) is 0. The Kier molecular flexibility index (Phi) is 3.40. The summed E-state index contributed by atoms with van der Waals surface area (Å²) in [4.78, 5) is 0. The van der Waals surface area contributed by atoms with Crippen molar-refractivity contribution in [2.24, 2.45) is 5.92 Å². The summed E-state index contributed by atoms with van der Waals surface area (Å²) in [6, 6.07) is 16.7. The molecule has 110 valence electrons. The van der Waals surface area contributed by atoms with Crippen molar-refractivity contribution in [2.45, 2.75) is 17.7 Å². The van der Waals surface area contributed by atoms with Crippen molar-refractivity contribution in [3.8, 4) is 0 Å². The molecule has 2 unspecified atom stereocenters. The van der Waals surface area contributed by atoms with Crippen molar-refractivity contribution in [1.29, 1.82) is 0 Å². The predicted octanol–water partition coefficient (Wildman–Crippen LogP) is 6.38. The minimum Gasteiger partial charge on any atom is -0.113 e. The van der Waals surface area contributed by atoms with E-state index in [0.29, 0.717) is 0 Å². The summed E-state index contributed by atoms with van der Waals surface area (Å²) in [6.07, 6.45) is 4.45. The SMILES string of the molecule is CC(C1=Cc2ccccc2C1Cl)C1=Cc2ccccc2C1Cl. The van der Waals surface area contributed by atoms with Gasteiger partial charge in [0, 0.05) is 5.92 Å². The lowest BCUT2D eigenvalue weighted by atomic mass is 9.89. The molecule has 2 aliphatic carbocycles. The Morgan fingerprint density at radius 1 is 0.727 bits per heavy atom. The highest BCUT2D eigenvalue weighted by Gasteiger charge is 2.33. The zero-order valence-corrected chi connectivity index (χ0v) is 13.8. The Morgan fingerprint density at radius 2 is 1.14 bits per heavy atom. The van der Waals surface area contributed by atoms with E-state index in [0.717, 1.165) is 0 Å². The van der Waals surface area contributed by atoms with Crippen LogP contribution in [0.2, 0.25) is 0 Å². The topological polar surface area (TPSA) is 0 Å². The Bertz CT molecular complexity index is 733. The Labute approximate surface area is 141 Å². The number of rotatable bonds is 2. The summed E-state index contributed by atoms with van der Waals surface area (Å²) in [5, 5.41) is -0.112. The highest BCUT2D eigenvalue weighted by molar-refractivity contribution is 6.25. The number of halogens is 2. The molecule has 2 aromatic carbocycles. The van der Waals surface area contributed by atoms with Gasteiger partial charge in [0.25, 0.3) is 0 Å². The molecule has 0 radical (unpaired) electrons. The zero-order chi connectivity index (χ0) is 15.3. The van der Waals surface area contributed by atoms with Gasteiger partial charge < -0.3 is 0 Å². The molecule has 2 heteroatoms. The van der Waals surface area contributed by atoms with E-state index >= 15 is 0 Å². The molecule has 22 heavy (non-hydrogen) atoms. The third-order valence-electron chi connectivity index (χ3n) is 4.77. The van der Waals surface area contributed by atoms with E-state index in [1.165, 1.54) is 33.4 Å². The Hall–Kier alpha value is -1.50. The minimum absolute atomic E-state index is 0.0559. The monoisotopic (exact) mass is 326 g/mol.